The summed E-state index contributed by atoms with van der Waals surface area (Å²) >= 11 is 0. The second kappa shape index (κ2) is 5.52. The van der Waals surface area contributed by atoms with E-state index < -0.39 is 0 Å². The van der Waals surface area contributed by atoms with Crippen LogP contribution < -0.4 is 0 Å². The van der Waals surface area contributed by atoms with Crippen molar-refractivity contribution in [2.75, 3.05) is 19.6 Å². The molecule has 3 rings (SSSR count). The quantitative estimate of drug-likeness (QED) is 0.828. The zero-order valence-corrected chi connectivity index (χ0v) is 11.2. The van der Waals surface area contributed by atoms with Gasteiger partial charge in [0.1, 0.15) is 6.26 Å². The molecule has 1 fully saturated rings. The summed E-state index contributed by atoms with van der Waals surface area (Å²) in [6.45, 7) is 3.26. The van der Waals surface area contributed by atoms with Gasteiger partial charge >= 0.3 is 0 Å². The number of hydrogen-bond donors (Lipinski definition) is 0. The van der Waals surface area contributed by atoms with Crippen LogP contribution in [0.25, 0.3) is 0 Å². The van der Waals surface area contributed by atoms with Crippen molar-refractivity contribution < 1.29 is 4.42 Å². The van der Waals surface area contributed by atoms with Crippen LogP contribution in [0.15, 0.2) is 23.1 Å². The fourth-order valence-electron chi connectivity index (χ4n) is 2.62. The van der Waals surface area contributed by atoms with Gasteiger partial charge in [0.25, 0.3) is 0 Å². The molecule has 1 saturated heterocycles. The van der Waals surface area contributed by atoms with E-state index in [-0.39, 0.29) is 0 Å². The molecule has 6 nitrogen and oxygen atoms in total. The minimum absolute atomic E-state index is 0.489. The van der Waals surface area contributed by atoms with E-state index in [1.165, 1.54) is 0 Å². The lowest BCUT2D eigenvalue weighted by Crippen LogP contribution is -2.34. The fourth-order valence-corrected chi connectivity index (χ4v) is 2.62. The Bertz CT molecular complexity index is 499. The van der Waals surface area contributed by atoms with Crippen molar-refractivity contribution in [3.05, 3.63) is 30.2 Å². The monoisotopic (exact) mass is 261 g/mol. The van der Waals surface area contributed by atoms with Gasteiger partial charge in [-0.1, -0.05) is 5.21 Å². The summed E-state index contributed by atoms with van der Waals surface area (Å²) in [5.41, 5.74) is 1.07. The fraction of sp³-hybridized carbons (Fsp3) is 0.615. The molecule has 1 aliphatic heterocycles. The van der Waals surface area contributed by atoms with Crippen molar-refractivity contribution in [1.82, 2.24) is 24.9 Å². The van der Waals surface area contributed by atoms with E-state index >= 15 is 0 Å². The zero-order chi connectivity index (χ0) is 13.1. The Morgan fingerprint density at radius 3 is 2.84 bits per heavy atom. The topological polar surface area (TPSA) is 60.0 Å². The first-order chi connectivity index (χ1) is 9.31. The summed E-state index contributed by atoms with van der Waals surface area (Å²) in [5.74, 6) is 1.39. The third kappa shape index (κ3) is 3.01. The van der Waals surface area contributed by atoms with E-state index in [2.05, 4.69) is 20.2 Å². The maximum atomic E-state index is 5.39. The number of aryl methyl sites for hydroxylation is 1. The minimum Gasteiger partial charge on any atom is -0.449 e. The normalized spacial score (nSPS) is 17.9. The van der Waals surface area contributed by atoms with Gasteiger partial charge in [0.15, 0.2) is 5.89 Å². The summed E-state index contributed by atoms with van der Waals surface area (Å²) in [5, 5.41) is 8.07. The lowest BCUT2D eigenvalue weighted by molar-refractivity contribution is 0.201. The molecule has 0 aliphatic carbocycles. The van der Waals surface area contributed by atoms with Crippen LogP contribution >= 0.6 is 0 Å². The summed E-state index contributed by atoms with van der Waals surface area (Å²) in [6.07, 6.45) is 8.60. The van der Waals surface area contributed by atoms with Crippen molar-refractivity contribution in [3.8, 4) is 0 Å². The third-order valence-electron chi connectivity index (χ3n) is 3.72. The first kappa shape index (κ1) is 12.3. The van der Waals surface area contributed by atoms with Gasteiger partial charge in [-0.3, -0.25) is 4.68 Å². The van der Waals surface area contributed by atoms with Gasteiger partial charge in [0, 0.05) is 32.1 Å². The molecule has 1 aliphatic rings. The highest BCUT2D eigenvalue weighted by molar-refractivity contribution is 4.96. The highest BCUT2D eigenvalue weighted by Crippen LogP contribution is 2.26. The highest BCUT2D eigenvalue weighted by atomic mass is 16.3. The minimum atomic E-state index is 0.489. The predicted molar refractivity (Wildman–Crippen MR) is 69.6 cm³/mol. The van der Waals surface area contributed by atoms with Gasteiger partial charge in [-0.05, 0) is 25.9 Å². The Morgan fingerprint density at radius 1 is 1.37 bits per heavy atom. The van der Waals surface area contributed by atoms with Crippen LogP contribution in [0.5, 0.6) is 0 Å². The Morgan fingerprint density at radius 2 is 2.21 bits per heavy atom. The molecule has 0 unspecified atom stereocenters. The maximum Gasteiger partial charge on any atom is 0.197 e. The first-order valence-corrected chi connectivity index (χ1v) is 6.78. The SMILES string of the molecule is Cn1cc(CCN2CCC(c3ncco3)CC2)nn1. The molecule has 0 bridgehead atoms. The van der Waals surface area contributed by atoms with Gasteiger partial charge in [-0.15, -0.1) is 5.10 Å². The molecule has 102 valence electrons. The van der Waals surface area contributed by atoms with E-state index in [4.69, 9.17) is 4.42 Å². The van der Waals surface area contributed by atoms with Crippen molar-refractivity contribution in [2.24, 2.45) is 7.05 Å². The predicted octanol–water partition coefficient (Wildman–Crippen LogP) is 1.23. The van der Waals surface area contributed by atoms with Crippen LogP contribution in [0.1, 0.15) is 30.3 Å². The molecule has 0 saturated carbocycles. The average Bonchev–Trinajstić information content (AvgIpc) is 3.08. The molecule has 19 heavy (non-hydrogen) atoms. The summed E-state index contributed by atoms with van der Waals surface area (Å²) in [7, 11) is 1.90. The van der Waals surface area contributed by atoms with Gasteiger partial charge in [0.05, 0.1) is 11.9 Å². The number of rotatable bonds is 4. The molecule has 6 heteroatoms. The molecule has 0 spiro atoms. The van der Waals surface area contributed by atoms with E-state index in [1.807, 2.05) is 13.2 Å². The van der Waals surface area contributed by atoms with Crippen LogP contribution in [0.2, 0.25) is 0 Å². The van der Waals surface area contributed by atoms with Crippen molar-refractivity contribution in [3.63, 3.8) is 0 Å². The molecule has 0 N–H and O–H groups in total. The maximum absolute atomic E-state index is 5.39. The standard InChI is InChI=1S/C13H19N5O/c1-17-10-12(15-16-17)4-8-18-6-2-11(3-7-18)13-14-5-9-19-13/h5,9-11H,2-4,6-8H2,1H3. The summed E-state index contributed by atoms with van der Waals surface area (Å²) < 4.78 is 7.14. The smallest absolute Gasteiger partial charge is 0.197 e. The average molecular weight is 261 g/mol. The summed E-state index contributed by atoms with van der Waals surface area (Å²) in [6, 6.07) is 0. The molecule has 2 aromatic rings. The van der Waals surface area contributed by atoms with Crippen LogP contribution in [-0.4, -0.2) is 44.5 Å². The number of likely N-dealkylation sites (tertiary alicyclic amines) is 1. The Labute approximate surface area is 112 Å². The number of aromatic nitrogens is 4. The molecule has 0 amide bonds. The van der Waals surface area contributed by atoms with Gasteiger partial charge in [-0.2, -0.15) is 0 Å². The number of nitrogens with zero attached hydrogens (tertiary/aromatic N) is 5. The van der Waals surface area contributed by atoms with Crippen LogP contribution in [0.4, 0.5) is 0 Å². The van der Waals surface area contributed by atoms with E-state index in [1.54, 1.807) is 17.1 Å². The molecule has 0 atom stereocenters. The van der Waals surface area contributed by atoms with Gasteiger partial charge in [0.2, 0.25) is 0 Å². The van der Waals surface area contributed by atoms with E-state index in [0.29, 0.717) is 5.92 Å². The van der Waals surface area contributed by atoms with Crippen LogP contribution in [0.3, 0.4) is 0 Å². The van der Waals surface area contributed by atoms with Crippen molar-refractivity contribution in [2.45, 2.75) is 25.2 Å². The largest absolute Gasteiger partial charge is 0.449 e. The number of piperidine rings is 1. The third-order valence-corrected chi connectivity index (χ3v) is 3.72. The lowest BCUT2D eigenvalue weighted by Gasteiger charge is -2.30. The molecular formula is C13H19N5O. The van der Waals surface area contributed by atoms with Crippen molar-refractivity contribution >= 4 is 0 Å². The highest BCUT2D eigenvalue weighted by Gasteiger charge is 2.23. The number of oxazole rings is 1. The van der Waals surface area contributed by atoms with Gasteiger partial charge in [-0.25, -0.2) is 4.98 Å². The Balaban J connectivity index is 1.45. The first-order valence-electron chi connectivity index (χ1n) is 6.78. The molecule has 0 radical (unpaired) electrons. The van der Waals surface area contributed by atoms with Crippen molar-refractivity contribution in [1.29, 1.82) is 0 Å². The molecular weight excluding hydrogens is 242 g/mol. The van der Waals surface area contributed by atoms with Crippen LogP contribution in [0, 0.1) is 0 Å². The van der Waals surface area contributed by atoms with E-state index in [9.17, 15) is 0 Å². The second-order valence-corrected chi connectivity index (χ2v) is 5.12. The second-order valence-electron chi connectivity index (χ2n) is 5.12. The lowest BCUT2D eigenvalue weighted by atomic mass is 9.96. The zero-order valence-electron chi connectivity index (χ0n) is 11.2. The molecule has 2 aromatic heterocycles. The Kier molecular flexibility index (Phi) is 3.59. The molecule has 3 heterocycles. The summed E-state index contributed by atoms with van der Waals surface area (Å²) in [4.78, 5) is 6.74. The van der Waals surface area contributed by atoms with E-state index in [0.717, 1.165) is 50.5 Å². The Hall–Kier alpha value is -1.69. The number of hydrogen-bond acceptors (Lipinski definition) is 5. The van der Waals surface area contributed by atoms with Gasteiger partial charge < -0.3 is 9.32 Å². The van der Waals surface area contributed by atoms with Crippen LogP contribution in [-0.2, 0) is 13.5 Å². The molecule has 0 aromatic carbocycles.